The van der Waals surface area contributed by atoms with Gasteiger partial charge in [0.1, 0.15) is 0 Å². The summed E-state index contributed by atoms with van der Waals surface area (Å²) in [7, 11) is 0. The van der Waals surface area contributed by atoms with Crippen LogP contribution < -0.4 is 0 Å². The lowest BCUT2D eigenvalue weighted by Crippen LogP contribution is -2.38. The van der Waals surface area contributed by atoms with Gasteiger partial charge in [0.15, 0.2) is 0 Å². The molecule has 5 atom stereocenters. The molecule has 0 spiro atoms. The SMILES string of the molecule is CC1=CCCC2(C)OC3(C)CCC2C3C=C(C(C)C)C(O)C1. The molecule has 0 amide bonds. The van der Waals surface area contributed by atoms with E-state index in [0.717, 1.165) is 25.7 Å². The second-order valence-corrected chi connectivity index (χ2v) is 8.53. The molecule has 0 radical (unpaired) electrons. The van der Waals surface area contributed by atoms with Gasteiger partial charge in [-0.1, -0.05) is 31.6 Å². The molecule has 5 unspecified atom stereocenters. The van der Waals surface area contributed by atoms with Gasteiger partial charge in [-0.05, 0) is 70.3 Å². The lowest BCUT2D eigenvalue weighted by molar-refractivity contribution is -0.127. The monoisotopic (exact) mass is 304 g/mol. The first-order chi connectivity index (χ1) is 10.3. The smallest absolute Gasteiger partial charge is 0.0789 e. The maximum atomic E-state index is 10.7. The van der Waals surface area contributed by atoms with Gasteiger partial charge in [-0.25, -0.2) is 0 Å². The quantitative estimate of drug-likeness (QED) is 0.715. The first kappa shape index (κ1) is 16.3. The number of allylic oxidation sites excluding steroid dienone is 1. The van der Waals surface area contributed by atoms with Gasteiger partial charge in [-0.2, -0.15) is 0 Å². The summed E-state index contributed by atoms with van der Waals surface area (Å²) < 4.78 is 6.61. The highest BCUT2D eigenvalue weighted by Gasteiger charge is 2.61. The minimum atomic E-state index is -0.343. The molecule has 4 bridgehead atoms. The average Bonchev–Trinajstić information content (AvgIpc) is 2.80. The lowest BCUT2D eigenvalue weighted by Gasteiger charge is -2.37. The Morgan fingerprint density at radius 2 is 1.95 bits per heavy atom. The van der Waals surface area contributed by atoms with Crippen molar-refractivity contribution in [2.45, 2.75) is 84.0 Å². The fourth-order valence-corrected chi connectivity index (χ4v) is 5.16. The van der Waals surface area contributed by atoms with E-state index < -0.39 is 0 Å². The van der Waals surface area contributed by atoms with E-state index in [0.29, 0.717) is 17.8 Å². The average molecular weight is 304 g/mol. The zero-order valence-electron chi connectivity index (χ0n) is 14.9. The molecule has 22 heavy (non-hydrogen) atoms. The lowest BCUT2D eigenvalue weighted by atomic mass is 9.78. The van der Waals surface area contributed by atoms with E-state index in [1.54, 1.807) is 0 Å². The van der Waals surface area contributed by atoms with Crippen molar-refractivity contribution < 1.29 is 9.84 Å². The summed E-state index contributed by atoms with van der Waals surface area (Å²) in [6.45, 7) is 11.2. The zero-order valence-corrected chi connectivity index (χ0v) is 14.9. The first-order valence-corrected chi connectivity index (χ1v) is 9.01. The van der Waals surface area contributed by atoms with E-state index in [9.17, 15) is 5.11 Å². The van der Waals surface area contributed by atoms with Crippen LogP contribution in [-0.2, 0) is 4.74 Å². The van der Waals surface area contributed by atoms with Gasteiger partial charge in [-0.3, -0.25) is 0 Å². The second kappa shape index (κ2) is 5.49. The normalized spacial score (nSPS) is 45.5. The van der Waals surface area contributed by atoms with Crippen LogP contribution in [0, 0.1) is 17.8 Å². The molecule has 1 saturated carbocycles. The van der Waals surface area contributed by atoms with E-state index in [1.165, 1.54) is 17.6 Å². The molecule has 0 aromatic carbocycles. The molecule has 2 fully saturated rings. The van der Waals surface area contributed by atoms with Gasteiger partial charge >= 0.3 is 0 Å². The van der Waals surface area contributed by atoms with Crippen molar-refractivity contribution in [2.24, 2.45) is 17.8 Å². The predicted octanol–water partition coefficient (Wildman–Crippen LogP) is 4.63. The molecule has 1 N–H and O–H groups in total. The van der Waals surface area contributed by atoms with Crippen molar-refractivity contribution in [3.05, 3.63) is 23.3 Å². The van der Waals surface area contributed by atoms with Gasteiger partial charge in [-0.15, -0.1) is 0 Å². The molecule has 2 nitrogen and oxygen atoms in total. The van der Waals surface area contributed by atoms with Crippen LogP contribution in [0.3, 0.4) is 0 Å². The van der Waals surface area contributed by atoms with Crippen molar-refractivity contribution in [2.75, 3.05) is 0 Å². The summed E-state index contributed by atoms with van der Waals surface area (Å²) in [5.74, 6) is 1.45. The highest BCUT2D eigenvalue weighted by molar-refractivity contribution is 5.24. The van der Waals surface area contributed by atoms with Crippen molar-refractivity contribution in [3.8, 4) is 0 Å². The minimum Gasteiger partial charge on any atom is -0.388 e. The van der Waals surface area contributed by atoms with Gasteiger partial charge in [0.2, 0.25) is 0 Å². The van der Waals surface area contributed by atoms with Crippen LogP contribution in [-0.4, -0.2) is 22.4 Å². The molecule has 0 aromatic rings. The van der Waals surface area contributed by atoms with Crippen molar-refractivity contribution in [1.82, 2.24) is 0 Å². The number of ether oxygens (including phenoxy) is 1. The minimum absolute atomic E-state index is 0.00231. The zero-order chi connectivity index (χ0) is 16.1. The highest BCUT2D eigenvalue weighted by atomic mass is 16.5. The van der Waals surface area contributed by atoms with Crippen molar-refractivity contribution in [1.29, 1.82) is 0 Å². The molecule has 2 aliphatic carbocycles. The first-order valence-electron chi connectivity index (χ1n) is 9.01. The topological polar surface area (TPSA) is 29.5 Å². The van der Waals surface area contributed by atoms with Crippen LogP contribution in [0.15, 0.2) is 23.3 Å². The van der Waals surface area contributed by atoms with Crippen molar-refractivity contribution >= 4 is 0 Å². The number of aliphatic hydroxyl groups excluding tert-OH is 1. The Hall–Kier alpha value is -0.600. The molecule has 3 aliphatic rings. The molecule has 1 aliphatic heterocycles. The van der Waals surface area contributed by atoms with E-state index in [2.05, 4.69) is 46.8 Å². The molecular formula is C20H32O2. The maximum Gasteiger partial charge on any atom is 0.0789 e. The third-order valence-electron chi connectivity index (χ3n) is 6.41. The van der Waals surface area contributed by atoms with E-state index >= 15 is 0 Å². The Morgan fingerprint density at radius 3 is 2.64 bits per heavy atom. The van der Waals surface area contributed by atoms with Gasteiger partial charge in [0.25, 0.3) is 0 Å². The Bertz CT molecular complexity index is 504. The number of hydrogen-bond acceptors (Lipinski definition) is 2. The van der Waals surface area contributed by atoms with Crippen LogP contribution in [0.4, 0.5) is 0 Å². The molecular weight excluding hydrogens is 272 g/mol. The molecule has 1 heterocycles. The van der Waals surface area contributed by atoms with E-state index in [1.807, 2.05) is 0 Å². The Balaban J connectivity index is 2.04. The number of aliphatic hydroxyl groups is 1. The van der Waals surface area contributed by atoms with Crippen LogP contribution >= 0.6 is 0 Å². The fraction of sp³-hybridized carbons (Fsp3) is 0.800. The van der Waals surface area contributed by atoms with Crippen LogP contribution in [0.2, 0.25) is 0 Å². The molecule has 2 heteroatoms. The van der Waals surface area contributed by atoms with Crippen LogP contribution in [0.5, 0.6) is 0 Å². The van der Waals surface area contributed by atoms with Crippen LogP contribution in [0.25, 0.3) is 0 Å². The Morgan fingerprint density at radius 1 is 1.23 bits per heavy atom. The second-order valence-electron chi connectivity index (χ2n) is 8.53. The summed E-state index contributed by atoms with van der Waals surface area (Å²) >= 11 is 0. The Labute approximate surface area is 135 Å². The van der Waals surface area contributed by atoms with E-state index in [4.69, 9.17) is 4.74 Å². The van der Waals surface area contributed by atoms with Crippen molar-refractivity contribution in [3.63, 3.8) is 0 Å². The standard InChI is InChI=1S/C20H32O2/c1-13(2)15-12-17-16-8-10-20(17,5)22-19(16,4)9-6-7-14(3)11-18(15)21/h7,12-13,16-18,21H,6,8-11H2,1-5H3. The number of rotatable bonds is 1. The third kappa shape index (κ3) is 2.59. The molecule has 3 rings (SSSR count). The molecule has 1 saturated heterocycles. The Kier molecular flexibility index (Phi) is 4.06. The van der Waals surface area contributed by atoms with Gasteiger partial charge < -0.3 is 9.84 Å². The summed E-state index contributed by atoms with van der Waals surface area (Å²) in [4.78, 5) is 0. The van der Waals surface area contributed by atoms with Gasteiger partial charge in [0, 0.05) is 5.92 Å². The molecule has 0 aromatic heterocycles. The largest absolute Gasteiger partial charge is 0.388 e. The molecule has 124 valence electrons. The van der Waals surface area contributed by atoms with Gasteiger partial charge in [0.05, 0.1) is 17.3 Å². The summed E-state index contributed by atoms with van der Waals surface area (Å²) in [5.41, 5.74) is 2.49. The number of hydrogen-bond donors (Lipinski definition) is 1. The predicted molar refractivity (Wildman–Crippen MR) is 90.6 cm³/mol. The highest BCUT2D eigenvalue weighted by Crippen LogP contribution is 2.59. The summed E-state index contributed by atoms with van der Waals surface area (Å²) in [6.07, 6.45) is 9.72. The summed E-state index contributed by atoms with van der Waals surface area (Å²) in [6, 6.07) is 0. The third-order valence-corrected chi connectivity index (χ3v) is 6.41. The van der Waals surface area contributed by atoms with Crippen LogP contribution in [0.1, 0.15) is 66.7 Å². The fourth-order valence-electron chi connectivity index (χ4n) is 5.16. The summed E-state index contributed by atoms with van der Waals surface area (Å²) in [5, 5.41) is 10.7. The van der Waals surface area contributed by atoms with E-state index in [-0.39, 0.29) is 17.3 Å². The maximum absolute atomic E-state index is 10.7.